The molecule has 160 valence electrons. The van der Waals surface area contributed by atoms with Crippen molar-refractivity contribution in [1.29, 1.82) is 0 Å². The van der Waals surface area contributed by atoms with Crippen molar-refractivity contribution in [3.63, 3.8) is 0 Å². The molecule has 3 rings (SSSR count). The van der Waals surface area contributed by atoms with Crippen molar-refractivity contribution < 1.29 is 19.4 Å². The zero-order chi connectivity index (χ0) is 22.1. The summed E-state index contributed by atoms with van der Waals surface area (Å²) in [5.74, 6) is 1.26. The standard InChI is InChI=1S/C25H23IO4S/c1-2-29-20-10-8-19(9-11-20)22(18-6-4-3-5-7-18)14-15-31-21-12-13-24(23(26)16-21)30-17-25(27)28/h3-14,16H,2,15,17H2,1H3,(H,27,28). The van der Waals surface area contributed by atoms with Gasteiger partial charge in [0.1, 0.15) is 11.5 Å². The van der Waals surface area contributed by atoms with Gasteiger partial charge in [0.15, 0.2) is 6.61 Å². The lowest BCUT2D eigenvalue weighted by Crippen LogP contribution is -2.10. The number of carboxylic acid groups (broad SMARTS) is 1. The second-order valence-electron chi connectivity index (χ2n) is 6.53. The van der Waals surface area contributed by atoms with Gasteiger partial charge in [0.05, 0.1) is 10.2 Å². The fourth-order valence-corrected chi connectivity index (χ4v) is 4.66. The Labute approximate surface area is 200 Å². The highest BCUT2D eigenvalue weighted by atomic mass is 127. The van der Waals surface area contributed by atoms with Gasteiger partial charge in [-0.25, -0.2) is 4.79 Å². The number of hydrogen-bond acceptors (Lipinski definition) is 4. The summed E-state index contributed by atoms with van der Waals surface area (Å²) < 4.78 is 11.8. The highest BCUT2D eigenvalue weighted by molar-refractivity contribution is 14.1. The summed E-state index contributed by atoms with van der Waals surface area (Å²) in [4.78, 5) is 11.8. The first-order chi connectivity index (χ1) is 15.1. The minimum atomic E-state index is -0.984. The molecule has 0 bridgehead atoms. The Kier molecular flexibility index (Phi) is 8.85. The number of aliphatic carboxylic acids is 1. The van der Waals surface area contributed by atoms with Crippen LogP contribution >= 0.6 is 34.4 Å². The third kappa shape index (κ3) is 7.04. The summed E-state index contributed by atoms with van der Waals surface area (Å²) >= 11 is 3.89. The molecule has 0 unspecified atom stereocenters. The number of ether oxygens (including phenoxy) is 2. The van der Waals surface area contributed by atoms with Crippen LogP contribution in [0, 0.1) is 3.57 Å². The minimum absolute atomic E-state index is 0.340. The molecule has 0 atom stereocenters. The van der Waals surface area contributed by atoms with E-state index in [1.54, 1.807) is 11.8 Å². The summed E-state index contributed by atoms with van der Waals surface area (Å²) in [6.45, 7) is 2.29. The van der Waals surface area contributed by atoms with E-state index < -0.39 is 5.97 Å². The Morgan fingerprint density at radius 3 is 2.35 bits per heavy atom. The average molecular weight is 546 g/mol. The van der Waals surface area contributed by atoms with E-state index in [2.05, 4.69) is 52.9 Å². The minimum Gasteiger partial charge on any atom is -0.494 e. The number of carboxylic acids is 1. The van der Waals surface area contributed by atoms with Crippen molar-refractivity contribution in [2.24, 2.45) is 0 Å². The lowest BCUT2D eigenvalue weighted by atomic mass is 9.98. The molecule has 0 spiro atoms. The fraction of sp³-hybridized carbons (Fsp3) is 0.160. The quantitative estimate of drug-likeness (QED) is 0.236. The second-order valence-corrected chi connectivity index (χ2v) is 8.78. The molecule has 4 nitrogen and oxygen atoms in total. The summed E-state index contributed by atoms with van der Waals surface area (Å²) in [6, 6.07) is 24.3. The van der Waals surface area contributed by atoms with Crippen molar-refractivity contribution in [2.75, 3.05) is 19.0 Å². The van der Waals surface area contributed by atoms with Gasteiger partial charge < -0.3 is 14.6 Å². The van der Waals surface area contributed by atoms with Gasteiger partial charge in [0.25, 0.3) is 0 Å². The van der Waals surface area contributed by atoms with Crippen LogP contribution in [-0.4, -0.2) is 30.0 Å². The second kappa shape index (κ2) is 11.8. The van der Waals surface area contributed by atoms with Crippen LogP contribution in [0.5, 0.6) is 11.5 Å². The summed E-state index contributed by atoms with van der Waals surface area (Å²) in [7, 11) is 0. The molecule has 6 heteroatoms. The monoisotopic (exact) mass is 546 g/mol. The predicted octanol–water partition coefficient (Wildman–Crippen LogP) is 6.38. The molecule has 0 amide bonds. The Hall–Kier alpha value is -2.45. The van der Waals surface area contributed by atoms with Gasteiger partial charge in [-0.2, -0.15) is 0 Å². The lowest BCUT2D eigenvalue weighted by Gasteiger charge is -2.11. The maximum Gasteiger partial charge on any atom is 0.341 e. The van der Waals surface area contributed by atoms with Gasteiger partial charge in [-0.3, -0.25) is 0 Å². The summed E-state index contributed by atoms with van der Waals surface area (Å²) in [5, 5.41) is 8.77. The molecule has 0 saturated carbocycles. The largest absolute Gasteiger partial charge is 0.494 e. The molecule has 0 aliphatic carbocycles. The van der Waals surface area contributed by atoms with Crippen molar-refractivity contribution in [1.82, 2.24) is 0 Å². The first-order valence-corrected chi connectivity index (χ1v) is 11.9. The molecule has 0 aliphatic rings. The molecular weight excluding hydrogens is 523 g/mol. The molecule has 3 aromatic carbocycles. The topological polar surface area (TPSA) is 55.8 Å². The first-order valence-electron chi connectivity index (χ1n) is 9.82. The van der Waals surface area contributed by atoms with E-state index in [9.17, 15) is 4.79 Å². The number of hydrogen-bond donors (Lipinski definition) is 1. The lowest BCUT2D eigenvalue weighted by molar-refractivity contribution is -0.139. The molecule has 0 aromatic heterocycles. The molecule has 1 N–H and O–H groups in total. The fourth-order valence-electron chi connectivity index (χ4n) is 2.97. The molecular formula is C25H23IO4S. The van der Waals surface area contributed by atoms with Crippen LogP contribution in [0.1, 0.15) is 18.1 Å². The molecule has 0 radical (unpaired) electrons. The maximum absolute atomic E-state index is 10.7. The Balaban J connectivity index is 1.75. The van der Waals surface area contributed by atoms with E-state index in [1.165, 1.54) is 11.1 Å². The number of rotatable bonds is 10. The van der Waals surface area contributed by atoms with Crippen LogP contribution < -0.4 is 9.47 Å². The molecule has 0 heterocycles. The van der Waals surface area contributed by atoms with Gasteiger partial charge >= 0.3 is 5.97 Å². The van der Waals surface area contributed by atoms with Crippen molar-refractivity contribution in [3.8, 4) is 11.5 Å². The third-order valence-electron chi connectivity index (χ3n) is 4.35. The van der Waals surface area contributed by atoms with Gasteiger partial charge in [-0.1, -0.05) is 48.5 Å². The van der Waals surface area contributed by atoms with Crippen molar-refractivity contribution >= 4 is 45.9 Å². The molecule has 0 saturated heterocycles. The number of carbonyl (C=O) groups is 1. The van der Waals surface area contributed by atoms with Gasteiger partial charge in [-0.15, -0.1) is 11.8 Å². The van der Waals surface area contributed by atoms with Crippen LogP contribution in [0.25, 0.3) is 5.57 Å². The Morgan fingerprint density at radius 2 is 1.71 bits per heavy atom. The number of halogens is 1. The van der Waals surface area contributed by atoms with E-state index in [-0.39, 0.29) is 6.61 Å². The van der Waals surface area contributed by atoms with E-state index in [4.69, 9.17) is 14.6 Å². The van der Waals surface area contributed by atoms with Crippen LogP contribution in [0.3, 0.4) is 0 Å². The van der Waals surface area contributed by atoms with Crippen LogP contribution in [0.2, 0.25) is 0 Å². The van der Waals surface area contributed by atoms with Gasteiger partial charge in [0, 0.05) is 10.6 Å². The highest BCUT2D eigenvalue weighted by Crippen LogP contribution is 2.30. The SMILES string of the molecule is CCOc1ccc(C(=CCSc2ccc(OCC(=O)O)c(I)c2)c2ccccc2)cc1. The highest BCUT2D eigenvalue weighted by Gasteiger charge is 2.08. The van der Waals surface area contributed by atoms with Crippen molar-refractivity contribution in [2.45, 2.75) is 11.8 Å². The predicted molar refractivity (Wildman–Crippen MR) is 134 cm³/mol. The smallest absolute Gasteiger partial charge is 0.341 e. The third-order valence-corrected chi connectivity index (χ3v) is 6.12. The zero-order valence-electron chi connectivity index (χ0n) is 17.1. The van der Waals surface area contributed by atoms with Crippen molar-refractivity contribution in [3.05, 3.63) is 93.6 Å². The molecule has 0 aliphatic heterocycles. The number of thioether (sulfide) groups is 1. The van der Waals surface area contributed by atoms with Crippen LogP contribution in [0.15, 0.2) is 83.8 Å². The summed E-state index contributed by atoms with van der Waals surface area (Å²) in [5.41, 5.74) is 3.48. The van der Waals surface area contributed by atoms with E-state index in [0.29, 0.717) is 12.4 Å². The molecule has 3 aromatic rings. The average Bonchev–Trinajstić information content (AvgIpc) is 2.77. The summed E-state index contributed by atoms with van der Waals surface area (Å²) in [6.07, 6.45) is 2.23. The van der Waals surface area contributed by atoms with Gasteiger partial charge in [0.2, 0.25) is 0 Å². The van der Waals surface area contributed by atoms with Crippen LogP contribution in [0.4, 0.5) is 0 Å². The van der Waals surface area contributed by atoms with Gasteiger partial charge in [-0.05, 0) is 76.5 Å². The maximum atomic E-state index is 10.7. The molecule has 31 heavy (non-hydrogen) atoms. The normalized spacial score (nSPS) is 11.2. The van der Waals surface area contributed by atoms with E-state index in [0.717, 1.165) is 25.5 Å². The number of benzene rings is 3. The molecule has 0 fully saturated rings. The Morgan fingerprint density at radius 1 is 1.00 bits per heavy atom. The van der Waals surface area contributed by atoms with E-state index in [1.807, 2.05) is 55.5 Å². The van der Waals surface area contributed by atoms with Crippen LogP contribution in [-0.2, 0) is 4.79 Å². The first kappa shape index (κ1) is 23.2. The zero-order valence-corrected chi connectivity index (χ0v) is 20.1. The Bertz CT molecular complexity index is 1030. The van der Waals surface area contributed by atoms with E-state index >= 15 is 0 Å².